The third kappa shape index (κ3) is 10.3. The zero-order valence-electron chi connectivity index (χ0n) is 15.6. The van der Waals surface area contributed by atoms with E-state index in [1.807, 2.05) is 0 Å². The molecule has 13 nitrogen and oxygen atoms in total. The number of carbonyl (C=O) groups excluding carboxylic acids is 4. The van der Waals surface area contributed by atoms with Gasteiger partial charge in [0.2, 0.25) is 23.6 Å². The van der Waals surface area contributed by atoms with Gasteiger partial charge in [0.15, 0.2) is 0 Å². The summed E-state index contributed by atoms with van der Waals surface area (Å²) >= 11 is 3.78. The zero-order chi connectivity index (χ0) is 22.7. The highest BCUT2D eigenvalue weighted by molar-refractivity contribution is 7.80. The lowest BCUT2D eigenvalue weighted by Gasteiger charge is -2.24. The Morgan fingerprint density at radius 3 is 1.79 bits per heavy atom. The Labute approximate surface area is 171 Å². The summed E-state index contributed by atoms with van der Waals surface area (Å²) in [6.45, 7) is 1.34. The molecule has 0 spiro atoms. The summed E-state index contributed by atoms with van der Waals surface area (Å²) in [4.78, 5) is 69.6. The van der Waals surface area contributed by atoms with Crippen molar-refractivity contribution in [2.45, 2.75) is 50.4 Å². The second kappa shape index (κ2) is 12.6. The van der Waals surface area contributed by atoms with E-state index in [0.717, 1.165) is 0 Å². The fourth-order valence-electron chi connectivity index (χ4n) is 1.98. The fraction of sp³-hybridized carbons (Fsp3) is 0.600. The second-order valence-corrected chi connectivity index (χ2v) is 6.46. The number of hydrogen-bond acceptors (Lipinski definition) is 8. The Hall–Kier alpha value is -2.87. The summed E-state index contributed by atoms with van der Waals surface area (Å²) in [5, 5.41) is 24.3. The van der Waals surface area contributed by atoms with Gasteiger partial charge in [0.05, 0.1) is 12.5 Å². The molecule has 0 fully saturated rings. The van der Waals surface area contributed by atoms with Gasteiger partial charge in [-0.15, -0.1) is 0 Å². The van der Waals surface area contributed by atoms with Crippen LogP contribution < -0.4 is 27.4 Å². The number of carboxylic acid groups (broad SMARTS) is 2. The first kappa shape index (κ1) is 26.1. The maximum Gasteiger partial charge on any atom is 0.327 e. The molecule has 0 aliphatic carbocycles. The van der Waals surface area contributed by atoms with Gasteiger partial charge < -0.3 is 37.6 Å². The molecule has 29 heavy (non-hydrogen) atoms. The van der Waals surface area contributed by atoms with Crippen LogP contribution in [-0.4, -0.2) is 75.7 Å². The van der Waals surface area contributed by atoms with E-state index in [2.05, 4.69) is 28.6 Å². The molecule has 4 unspecified atom stereocenters. The molecule has 0 heterocycles. The number of primary amides is 1. The van der Waals surface area contributed by atoms with E-state index in [0.29, 0.717) is 0 Å². The van der Waals surface area contributed by atoms with Crippen LogP contribution >= 0.6 is 12.6 Å². The van der Waals surface area contributed by atoms with Crippen LogP contribution in [0.15, 0.2) is 0 Å². The number of rotatable bonds is 13. The highest BCUT2D eigenvalue weighted by Gasteiger charge is 2.30. The maximum absolute atomic E-state index is 12.5. The van der Waals surface area contributed by atoms with E-state index in [9.17, 15) is 28.8 Å². The predicted molar refractivity (Wildman–Crippen MR) is 102 cm³/mol. The fourth-order valence-corrected chi connectivity index (χ4v) is 2.23. The first-order chi connectivity index (χ1) is 13.4. The molecule has 164 valence electrons. The molecule has 0 saturated heterocycles. The molecule has 9 N–H and O–H groups in total. The van der Waals surface area contributed by atoms with Crippen molar-refractivity contribution in [3.63, 3.8) is 0 Å². The SMILES string of the molecule is CC(N)C(=O)NC(CCC(=O)O)C(=O)NC(CC(N)=O)C(=O)NC(CS)C(=O)O. The van der Waals surface area contributed by atoms with E-state index < -0.39 is 72.6 Å². The zero-order valence-corrected chi connectivity index (χ0v) is 16.5. The Bertz CT molecular complexity index is 657. The maximum atomic E-state index is 12.5. The summed E-state index contributed by atoms with van der Waals surface area (Å²) in [5.74, 6) is -6.58. The van der Waals surface area contributed by atoms with Crippen LogP contribution in [0.3, 0.4) is 0 Å². The predicted octanol–water partition coefficient (Wildman–Crippen LogP) is -3.46. The van der Waals surface area contributed by atoms with Crippen LogP contribution in [0.25, 0.3) is 0 Å². The van der Waals surface area contributed by atoms with Crippen molar-refractivity contribution in [3.8, 4) is 0 Å². The first-order valence-electron chi connectivity index (χ1n) is 8.39. The lowest BCUT2D eigenvalue weighted by Crippen LogP contribution is -2.57. The third-order valence-electron chi connectivity index (χ3n) is 3.53. The van der Waals surface area contributed by atoms with Crippen molar-refractivity contribution in [1.82, 2.24) is 16.0 Å². The largest absolute Gasteiger partial charge is 0.481 e. The molecule has 0 aliphatic rings. The van der Waals surface area contributed by atoms with Gasteiger partial charge in [0.25, 0.3) is 0 Å². The molecular weight excluding hydrogens is 410 g/mol. The molecule has 0 radical (unpaired) electrons. The highest BCUT2D eigenvalue weighted by atomic mass is 32.1. The van der Waals surface area contributed by atoms with Gasteiger partial charge in [-0.3, -0.25) is 24.0 Å². The van der Waals surface area contributed by atoms with E-state index in [1.54, 1.807) is 0 Å². The molecule has 14 heteroatoms. The van der Waals surface area contributed by atoms with Gasteiger partial charge in [0.1, 0.15) is 18.1 Å². The molecule has 0 aromatic carbocycles. The van der Waals surface area contributed by atoms with Crippen LogP contribution in [-0.2, 0) is 28.8 Å². The number of thiol groups is 1. The molecule has 4 atom stereocenters. The summed E-state index contributed by atoms with van der Waals surface area (Å²) in [7, 11) is 0. The number of carboxylic acids is 2. The van der Waals surface area contributed by atoms with Crippen molar-refractivity contribution >= 4 is 48.2 Å². The van der Waals surface area contributed by atoms with Crippen molar-refractivity contribution < 1.29 is 39.0 Å². The Morgan fingerprint density at radius 2 is 1.38 bits per heavy atom. The smallest absolute Gasteiger partial charge is 0.327 e. The summed E-state index contributed by atoms with van der Waals surface area (Å²) in [5.41, 5.74) is 10.5. The average Bonchev–Trinajstić information content (AvgIpc) is 2.60. The number of aliphatic carboxylic acids is 2. The number of carbonyl (C=O) groups is 6. The lowest BCUT2D eigenvalue weighted by atomic mass is 10.1. The third-order valence-corrected chi connectivity index (χ3v) is 3.89. The number of hydrogen-bond donors (Lipinski definition) is 8. The molecular formula is C15H25N5O8S. The normalized spacial score (nSPS) is 14.6. The summed E-state index contributed by atoms with van der Waals surface area (Å²) in [6.07, 6.45) is -1.47. The minimum atomic E-state index is -1.55. The Balaban J connectivity index is 5.40. The van der Waals surface area contributed by atoms with Crippen LogP contribution in [0.4, 0.5) is 0 Å². The van der Waals surface area contributed by atoms with Crippen molar-refractivity contribution in [2.24, 2.45) is 11.5 Å². The van der Waals surface area contributed by atoms with E-state index in [-0.39, 0.29) is 12.2 Å². The van der Waals surface area contributed by atoms with Crippen molar-refractivity contribution in [1.29, 1.82) is 0 Å². The van der Waals surface area contributed by atoms with E-state index >= 15 is 0 Å². The van der Waals surface area contributed by atoms with Crippen LogP contribution in [0.2, 0.25) is 0 Å². The molecule has 0 aliphatic heterocycles. The Kier molecular flexibility index (Phi) is 11.3. The molecule has 0 rings (SSSR count). The lowest BCUT2D eigenvalue weighted by molar-refractivity contribution is -0.141. The molecule has 0 aromatic rings. The first-order valence-corrected chi connectivity index (χ1v) is 9.02. The molecule has 0 bridgehead atoms. The van der Waals surface area contributed by atoms with Gasteiger partial charge in [-0.1, -0.05) is 0 Å². The number of nitrogens with two attached hydrogens (primary N) is 2. The van der Waals surface area contributed by atoms with Gasteiger partial charge in [-0.2, -0.15) is 12.6 Å². The monoisotopic (exact) mass is 435 g/mol. The quantitative estimate of drug-likeness (QED) is 0.134. The van der Waals surface area contributed by atoms with E-state index in [1.165, 1.54) is 6.92 Å². The van der Waals surface area contributed by atoms with Gasteiger partial charge in [0, 0.05) is 12.2 Å². The van der Waals surface area contributed by atoms with Gasteiger partial charge in [-0.05, 0) is 13.3 Å². The standard InChI is InChI=1S/C15H25N5O8S/c1-6(16)12(24)18-7(2-3-11(22)23)13(25)19-8(4-10(17)21)14(26)20-9(5-29)15(27)28/h6-9,29H,2-5,16H2,1H3,(H2,17,21)(H,18,24)(H,19,25)(H,20,26)(H,22,23)(H,27,28). The molecule has 0 aromatic heterocycles. The minimum absolute atomic E-state index is 0.260. The Morgan fingerprint density at radius 1 is 0.897 bits per heavy atom. The number of nitrogens with one attached hydrogen (secondary N) is 3. The second-order valence-electron chi connectivity index (χ2n) is 6.10. The molecule has 4 amide bonds. The van der Waals surface area contributed by atoms with Crippen LogP contribution in [0, 0.1) is 0 Å². The topological polar surface area (TPSA) is 231 Å². The van der Waals surface area contributed by atoms with Crippen molar-refractivity contribution in [2.75, 3.05) is 5.75 Å². The van der Waals surface area contributed by atoms with Crippen molar-refractivity contribution in [3.05, 3.63) is 0 Å². The molecule has 0 saturated carbocycles. The minimum Gasteiger partial charge on any atom is -0.481 e. The van der Waals surface area contributed by atoms with Gasteiger partial charge >= 0.3 is 11.9 Å². The highest BCUT2D eigenvalue weighted by Crippen LogP contribution is 2.02. The average molecular weight is 435 g/mol. The van der Waals surface area contributed by atoms with E-state index in [4.69, 9.17) is 21.7 Å². The number of amides is 4. The van der Waals surface area contributed by atoms with Crippen LogP contribution in [0.5, 0.6) is 0 Å². The van der Waals surface area contributed by atoms with Crippen LogP contribution in [0.1, 0.15) is 26.2 Å². The van der Waals surface area contributed by atoms with Gasteiger partial charge in [-0.25, -0.2) is 4.79 Å². The summed E-state index contributed by atoms with van der Waals surface area (Å²) < 4.78 is 0. The summed E-state index contributed by atoms with van der Waals surface area (Å²) in [6, 6.07) is -5.31.